The minimum absolute atomic E-state index is 0.178. The van der Waals surface area contributed by atoms with Crippen molar-refractivity contribution in [2.24, 2.45) is 0 Å². The average molecular weight is 299 g/mol. The summed E-state index contributed by atoms with van der Waals surface area (Å²) in [5, 5.41) is 13.1. The molecule has 0 aliphatic heterocycles. The molecule has 2 aromatic carbocycles. The Kier molecular flexibility index (Phi) is 3.86. The maximum absolute atomic E-state index is 13.6. The second-order valence-electron chi connectivity index (χ2n) is 4.38. The molecular formula is C15H11F2N5. The molecule has 1 aromatic heterocycles. The van der Waals surface area contributed by atoms with Gasteiger partial charge in [0.05, 0.1) is 6.20 Å². The topological polar surface area (TPSA) is 62.7 Å². The van der Waals surface area contributed by atoms with Crippen LogP contribution in [-0.4, -0.2) is 15.2 Å². The van der Waals surface area contributed by atoms with E-state index in [-0.39, 0.29) is 17.5 Å². The normalized spacial score (nSPS) is 10.3. The number of benzene rings is 2. The molecule has 0 amide bonds. The molecule has 0 bridgehead atoms. The van der Waals surface area contributed by atoms with Gasteiger partial charge in [0, 0.05) is 5.69 Å². The number of nitrogens with one attached hydrogen (secondary N) is 2. The van der Waals surface area contributed by atoms with Gasteiger partial charge in [0.25, 0.3) is 0 Å². The average Bonchev–Trinajstić information content (AvgIpc) is 2.53. The van der Waals surface area contributed by atoms with Gasteiger partial charge < -0.3 is 10.6 Å². The van der Waals surface area contributed by atoms with Gasteiger partial charge in [0.1, 0.15) is 17.3 Å². The zero-order valence-electron chi connectivity index (χ0n) is 11.3. The summed E-state index contributed by atoms with van der Waals surface area (Å²) < 4.78 is 27.2. The fourth-order valence-corrected chi connectivity index (χ4v) is 1.81. The van der Waals surface area contributed by atoms with E-state index in [1.165, 1.54) is 12.3 Å². The highest BCUT2D eigenvalue weighted by Crippen LogP contribution is 2.22. The van der Waals surface area contributed by atoms with Gasteiger partial charge in [0.2, 0.25) is 5.95 Å². The van der Waals surface area contributed by atoms with E-state index in [9.17, 15) is 8.78 Å². The minimum atomic E-state index is -0.712. The smallest absolute Gasteiger partial charge is 0.249 e. The molecule has 5 nitrogen and oxygen atoms in total. The van der Waals surface area contributed by atoms with Crippen molar-refractivity contribution < 1.29 is 8.78 Å². The van der Waals surface area contributed by atoms with Crippen LogP contribution in [0.15, 0.2) is 54.7 Å². The SMILES string of the molecule is Fc1cccc(F)c1Nc1cnnc(Nc2ccccc2)n1. The molecule has 22 heavy (non-hydrogen) atoms. The Morgan fingerprint density at radius 1 is 0.818 bits per heavy atom. The van der Waals surface area contributed by atoms with Crippen LogP contribution in [-0.2, 0) is 0 Å². The molecule has 0 radical (unpaired) electrons. The molecule has 0 saturated heterocycles. The van der Waals surface area contributed by atoms with E-state index in [2.05, 4.69) is 25.8 Å². The highest BCUT2D eigenvalue weighted by molar-refractivity contribution is 5.59. The Labute approximate surface area is 125 Å². The van der Waals surface area contributed by atoms with E-state index in [1.54, 1.807) is 0 Å². The van der Waals surface area contributed by atoms with E-state index < -0.39 is 11.6 Å². The molecule has 3 rings (SSSR count). The molecule has 0 aliphatic carbocycles. The van der Waals surface area contributed by atoms with Gasteiger partial charge in [-0.1, -0.05) is 24.3 Å². The predicted octanol–water partition coefficient (Wildman–Crippen LogP) is 3.64. The summed E-state index contributed by atoms with van der Waals surface area (Å²) >= 11 is 0. The third-order valence-electron chi connectivity index (χ3n) is 2.80. The van der Waals surface area contributed by atoms with Crippen molar-refractivity contribution in [2.45, 2.75) is 0 Å². The number of anilines is 4. The van der Waals surface area contributed by atoms with Gasteiger partial charge in [-0.05, 0) is 24.3 Å². The highest BCUT2D eigenvalue weighted by Gasteiger charge is 2.10. The van der Waals surface area contributed by atoms with Crippen molar-refractivity contribution in [3.63, 3.8) is 0 Å². The lowest BCUT2D eigenvalue weighted by molar-refractivity contribution is 0.590. The van der Waals surface area contributed by atoms with Crippen LogP contribution in [0.2, 0.25) is 0 Å². The Balaban J connectivity index is 1.82. The third kappa shape index (κ3) is 3.14. The molecule has 0 saturated carbocycles. The van der Waals surface area contributed by atoms with Gasteiger partial charge in [-0.2, -0.15) is 10.1 Å². The van der Waals surface area contributed by atoms with Crippen molar-refractivity contribution in [3.05, 3.63) is 66.4 Å². The lowest BCUT2D eigenvalue weighted by Crippen LogP contribution is -2.04. The van der Waals surface area contributed by atoms with Gasteiger partial charge in [-0.15, -0.1) is 5.10 Å². The standard InChI is InChI=1S/C15H11F2N5/c16-11-7-4-8-12(17)14(11)20-13-9-18-22-15(21-13)19-10-5-2-1-3-6-10/h1-9H,(H2,19,20,21,22). The van der Waals surface area contributed by atoms with Crippen LogP contribution in [0.25, 0.3) is 0 Å². The summed E-state index contributed by atoms with van der Waals surface area (Å²) in [5.41, 5.74) is 0.493. The molecule has 0 aliphatic rings. The van der Waals surface area contributed by atoms with E-state index in [1.807, 2.05) is 30.3 Å². The molecule has 1 heterocycles. The number of aromatic nitrogens is 3. The Morgan fingerprint density at radius 2 is 1.55 bits per heavy atom. The van der Waals surface area contributed by atoms with Crippen LogP contribution in [0.4, 0.5) is 31.9 Å². The van der Waals surface area contributed by atoms with Crippen LogP contribution in [0, 0.1) is 11.6 Å². The Bertz CT molecular complexity index is 760. The van der Waals surface area contributed by atoms with Crippen LogP contribution in [0.5, 0.6) is 0 Å². The monoisotopic (exact) mass is 299 g/mol. The molecule has 3 aromatic rings. The molecule has 0 fully saturated rings. The van der Waals surface area contributed by atoms with Crippen molar-refractivity contribution >= 4 is 23.1 Å². The number of rotatable bonds is 4. The minimum Gasteiger partial charge on any atom is -0.334 e. The lowest BCUT2D eigenvalue weighted by Gasteiger charge is -2.09. The van der Waals surface area contributed by atoms with E-state index in [0.717, 1.165) is 17.8 Å². The van der Waals surface area contributed by atoms with Gasteiger partial charge in [-0.25, -0.2) is 8.78 Å². The maximum Gasteiger partial charge on any atom is 0.249 e. The first kappa shape index (κ1) is 13.9. The van der Waals surface area contributed by atoms with Crippen molar-refractivity contribution in [1.82, 2.24) is 15.2 Å². The van der Waals surface area contributed by atoms with Crippen molar-refractivity contribution in [2.75, 3.05) is 10.6 Å². The van der Waals surface area contributed by atoms with E-state index >= 15 is 0 Å². The number of hydrogen-bond acceptors (Lipinski definition) is 5. The molecule has 110 valence electrons. The molecule has 2 N–H and O–H groups in total. The quantitative estimate of drug-likeness (QED) is 0.770. The molecular weight excluding hydrogens is 288 g/mol. The second-order valence-corrected chi connectivity index (χ2v) is 4.38. The van der Waals surface area contributed by atoms with Crippen LogP contribution < -0.4 is 10.6 Å². The highest BCUT2D eigenvalue weighted by atomic mass is 19.1. The van der Waals surface area contributed by atoms with Gasteiger partial charge in [-0.3, -0.25) is 0 Å². The molecule has 0 spiro atoms. The fraction of sp³-hybridized carbons (Fsp3) is 0. The second kappa shape index (κ2) is 6.13. The van der Waals surface area contributed by atoms with Crippen LogP contribution in [0.3, 0.4) is 0 Å². The predicted molar refractivity (Wildman–Crippen MR) is 79.2 cm³/mol. The largest absolute Gasteiger partial charge is 0.334 e. The first-order valence-electron chi connectivity index (χ1n) is 6.45. The summed E-state index contributed by atoms with van der Waals surface area (Å²) in [4.78, 5) is 4.12. The number of hydrogen-bond donors (Lipinski definition) is 2. The zero-order valence-corrected chi connectivity index (χ0v) is 11.3. The summed E-state index contributed by atoms with van der Waals surface area (Å²) in [6.07, 6.45) is 1.28. The number of para-hydroxylation sites is 2. The fourth-order valence-electron chi connectivity index (χ4n) is 1.81. The van der Waals surface area contributed by atoms with E-state index in [4.69, 9.17) is 0 Å². The summed E-state index contributed by atoms with van der Waals surface area (Å²) in [5.74, 6) is -1.03. The molecule has 0 unspecified atom stereocenters. The molecule has 7 heteroatoms. The van der Waals surface area contributed by atoms with Crippen molar-refractivity contribution in [1.29, 1.82) is 0 Å². The van der Waals surface area contributed by atoms with Crippen LogP contribution in [0.1, 0.15) is 0 Å². The molecule has 0 atom stereocenters. The maximum atomic E-state index is 13.6. The Hall–Kier alpha value is -3.09. The Morgan fingerprint density at radius 3 is 2.27 bits per heavy atom. The first-order valence-corrected chi connectivity index (χ1v) is 6.45. The first-order chi connectivity index (χ1) is 10.7. The van der Waals surface area contributed by atoms with E-state index in [0.29, 0.717) is 0 Å². The summed E-state index contributed by atoms with van der Waals surface area (Å²) in [6.45, 7) is 0. The third-order valence-corrected chi connectivity index (χ3v) is 2.80. The lowest BCUT2D eigenvalue weighted by atomic mass is 10.3. The number of halogens is 2. The summed E-state index contributed by atoms with van der Waals surface area (Å²) in [7, 11) is 0. The zero-order chi connectivity index (χ0) is 15.4. The van der Waals surface area contributed by atoms with Crippen molar-refractivity contribution in [3.8, 4) is 0 Å². The van der Waals surface area contributed by atoms with Gasteiger partial charge in [0.15, 0.2) is 5.82 Å². The summed E-state index contributed by atoms with van der Waals surface area (Å²) in [6, 6.07) is 12.9. The van der Waals surface area contributed by atoms with Gasteiger partial charge >= 0.3 is 0 Å². The number of nitrogens with zero attached hydrogens (tertiary/aromatic N) is 3. The van der Waals surface area contributed by atoms with Crippen LogP contribution >= 0.6 is 0 Å².